The van der Waals surface area contributed by atoms with Gasteiger partial charge in [-0.1, -0.05) is 42.5 Å². The Morgan fingerprint density at radius 2 is 1.79 bits per heavy atom. The van der Waals surface area contributed by atoms with Crippen LogP contribution < -0.4 is 5.32 Å². The highest BCUT2D eigenvalue weighted by atomic mass is 32.2. The second-order valence-corrected chi connectivity index (χ2v) is 8.60. The molecule has 5 nitrogen and oxygen atoms in total. The van der Waals surface area contributed by atoms with Crippen molar-refractivity contribution >= 4 is 23.6 Å². The summed E-state index contributed by atoms with van der Waals surface area (Å²) in [5, 5.41) is 3.05. The van der Waals surface area contributed by atoms with E-state index in [2.05, 4.69) is 34.5 Å². The Bertz CT molecular complexity index is 858. The van der Waals surface area contributed by atoms with Gasteiger partial charge in [0.1, 0.15) is 6.04 Å². The first-order valence-electron chi connectivity index (χ1n) is 10.2. The van der Waals surface area contributed by atoms with E-state index >= 15 is 0 Å². The number of hydrogen-bond acceptors (Lipinski definition) is 4. The molecule has 0 aromatic heterocycles. The highest BCUT2D eigenvalue weighted by Crippen LogP contribution is 2.23. The van der Waals surface area contributed by atoms with E-state index in [1.165, 1.54) is 11.1 Å². The van der Waals surface area contributed by atoms with Crippen molar-refractivity contribution in [2.24, 2.45) is 0 Å². The quantitative estimate of drug-likeness (QED) is 0.746. The maximum Gasteiger partial charge on any atom is 0.255 e. The molecular weight excluding hydrogens is 382 g/mol. The van der Waals surface area contributed by atoms with E-state index in [-0.39, 0.29) is 17.9 Å². The van der Waals surface area contributed by atoms with E-state index in [0.717, 1.165) is 32.5 Å². The van der Waals surface area contributed by atoms with Crippen LogP contribution in [0.25, 0.3) is 0 Å². The molecule has 0 radical (unpaired) electrons. The minimum Gasteiger partial charge on any atom is -0.354 e. The van der Waals surface area contributed by atoms with Gasteiger partial charge in [0.25, 0.3) is 5.91 Å². The van der Waals surface area contributed by atoms with E-state index in [9.17, 15) is 9.59 Å². The Balaban J connectivity index is 1.23. The number of rotatable bonds is 6. The molecule has 2 amide bonds. The lowest BCUT2D eigenvalue weighted by atomic mass is 10.00. The summed E-state index contributed by atoms with van der Waals surface area (Å²) >= 11 is 1.63. The third kappa shape index (κ3) is 4.82. The number of fused-ring (bicyclic) bond motifs is 1. The van der Waals surface area contributed by atoms with Crippen molar-refractivity contribution in [2.75, 3.05) is 31.3 Å². The Hall–Kier alpha value is -2.31. The Kier molecular flexibility index (Phi) is 6.52. The van der Waals surface area contributed by atoms with Crippen molar-refractivity contribution in [3.8, 4) is 0 Å². The largest absolute Gasteiger partial charge is 0.354 e. The first-order valence-corrected chi connectivity index (χ1v) is 11.4. The van der Waals surface area contributed by atoms with Crippen LogP contribution in [0.15, 0.2) is 54.6 Å². The predicted octanol–water partition coefficient (Wildman–Crippen LogP) is 2.77. The fourth-order valence-electron chi connectivity index (χ4n) is 3.98. The van der Waals surface area contributed by atoms with Gasteiger partial charge in [0.2, 0.25) is 5.91 Å². The minimum absolute atomic E-state index is 0.0386. The molecule has 1 atom stereocenters. The molecule has 2 aromatic rings. The van der Waals surface area contributed by atoms with Gasteiger partial charge in [-0.2, -0.15) is 0 Å². The van der Waals surface area contributed by atoms with E-state index in [0.29, 0.717) is 23.7 Å². The van der Waals surface area contributed by atoms with Gasteiger partial charge in [0.15, 0.2) is 0 Å². The zero-order valence-corrected chi connectivity index (χ0v) is 17.4. The second kappa shape index (κ2) is 9.46. The number of carbonyl (C=O) groups is 2. The van der Waals surface area contributed by atoms with E-state index in [1.54, 1.807) is 28.8 Å². The molecule has 0 bridgehead atoms. The third-order valence-corrected chi connectivity index (χ3v) is 6.64. The lowest BCUT2D eigenvalue weighted by Crippen LogP contribution is -2.47. The van der Waals surface area contributed by atoms with Crippen LogP contribution >= 0.6 is 11.8 Å². The number of thioether (sulfide) groups is 1. The lowest BCUT2D eigenvalue weighted by molar-refractivity contribution is -0.124. The SMILES string of the molecule is O=C(NCCCN1CCc2ccccc2C1)[C@H]1CSCN1C(=O)c1ccccc1. The number of nitrogens with zero attached hydrogens (tertiary/aromatic N) is 2. The molecule has 0 aliphatic carbocycles. The van der Waals surface area contributed by atoms with Crippen molar-refractivity contribution in [2.45, 2.75) is 25.4 Å². The molecule has 1 N–H and O–H groups in total. The lowest BCUT2D eigenvalue weighted by Gasteiger charge is -2.28. The summed E-state index contributed by atoms with van der Waals surface area (Å²) in [6.07, 6.45) is 2.01. The zero-order chi connectivity index (χ0) is 20.1. The van der Waals surface area contributed by atoms with E-state index < -0.39 is 0 Å². The van der Waals surface area contributed by atoms with Crippen molar-refractivity contribution in [1.82, 2.24) is 15.1 Å². The van der Waals surface area contributed by atoms with Gasteiger partial charge >= 0.3 is 0 Å². The molecule has 0 unspecified atom stereocenters. The van der Waals surface area contributed by atoms with E-state index in [4.69, 9.17) is 0 Å². The van der Waals surface area contributed by atoms with Crippen LogP contribution in [0.1, 0.15) is 27.9 Å². The molecule has 1 fully saturated rings. The molecule has 2 aliphatic rings. The smallest absolute Gasteiger partial charge is 0.255 e. The first-order chi connectivity index (χ1) is 14.2. The molecule has 6 heteroatoms. The molecule has 0 spiro atoms. The average Bonchev–Trinajstić information content (AvgIpc) is 3.26. The van der Waals surface area contributed by atoms with Crippen molar-refractivity contribution in [1.29, 1.82) is 0 Å². The number of hydrogen-bond donors (Lipinski definition) is 1. The van der Waals surface area contributed by atoms with Gasteiger partial charge in [-0.15, -0.1) is 11.8 Å². The van der Waals surface area contributed by atoms with Gasteiger partial charge in [-0.3, -0.25) is 14.5 Å². The normalized spacial score (nSPS) is 19.0. The fraction of sp³-hybridized carbons (Fsp3) is 0.391. The minimum atomic E-state index is -0.380. The summed E-state index contributed by atoms with van der Waals surface area (Å²) in [4.78, 5) is 29.5. The van der Waals surface area contributed by atoms with Gasteiger partial charge in [0, 0.05) is 37.5 Å². The van der Waals surface area contributed by atoms with Gasteiger partial charge in [-0.25, -0.2) is 0 Å². The van der Waals surface area contributed by atoms with Crippen LogP contribution in [0, 0.1) is 0 Å². The molecule has 2 aliphatic heterocycles. The summed E-state index contributed by atoms with van der Waals surface area (Å²) < 4.78 is 0. The van der Waals surface area contributed by atoms with Crippen LogP contribution in [0.3, 0.4) is 0 Å². The Labute approximate surface area is 176 Å². The van der Waals surface area contributed by atoms with Crippen molar-refractivity contribution in [3.63, 3.8) is 0 Å². The average molecular weight is 410 g/mol. The molecule has 4 rings (SSSR count). The third-order valence-electron chi connectivity index (χ3n) is 5.63. The van der Waals surface area contributed by atoms with Crippen molar-refractivity contribution in [3.05, 3.63) is 71.3 Å². The molecule has 2 heterocycles. The van der Waals surface area contributed by atoms with E-state index in [1.807, 2.05) is 18.2 Å². The molecular formula is C23H27N3O2S. The summed E-state index contributed by atoms with van der Waals surface area (Å²) in [5.41, 5.74) is 3.51. The molecule has 152 valence electrons. The standard InChI is InChI=1S/C23H27N3O2S/c27-22(21-16-29-17-26(21)23(28)19-8-2-1-3-9-19)24-12-6-13-25-14-11-18-7-4-5-10-20(18)15-25/h1-5,7-10,21H,6,11-17H2,(H,24,27)/t21-/m1/s1. The maximum absolute atomic E-state index is 12.7. The zero-order valence-electron chi connectivity index (χ0n) is 16.5. The van der Waals surface area contributed by atoms with Gasteiger partial charge < -0.3 is 10.2 Å². The topological polar surface area (TPSA) is 52.7 Å². The highest BCUT2D eigenvalue weighted by molar-refractivity contribution is 7.99. The van der Waals surface area contributed by atoms with Crippen LogP contribution in [0.4, 0.5) is 0 Å². The monoisotopic (exact) mass is 409 g/mol. The summed E-state index contributed by atoms with van der Waals surface area (Å²) in [6, 6.07) is 17.5. The number of benzene rings is 2. The van der Waals surface area contributed by atoms with Crippen molar-refractivity contribution < 1.29 is 9.59 Å². The summed E-state index contributed by atoms with van der Waals surface area (Å²) in [6.45, 7) is 3.68. The predicted molar refractivity (Wildman–Crippen MR) is 117 cm³/mol. The summed E-state index contributed by atoms with van der Waals surface area (Å²) in [5.74, 6) is 1.12. The molecule has 29 heavy (non-hydrogen) atoms. The van der Waals surface area contributed by atoms with Crippen LogP contribution in [0.5, 0.6) is 0 Å². The summed E-state index contributed by atoms with van der Waals surface area (Å²) in [7, 11) is 0. The molecule has 0 saturated carbocycles. The fourth-order valence-corrected chi connectivity index (χ4v) is 5.14. The number of amides is 2. The van der Waals surface area contributed by atoms with Crippen LogP contribution in [0.2, 0.25) is 0 Å². The Morgan fingerprint density at radius 3 is 2.62 bits per heavy atom. The first kappa shape index (κ1) is 20.0. The number of carbonyl (C=O) groups excluding carboxylic acids is 2. The highest BCUT2D eigenvalue weighted by Gasteiger charge is 2.34. The number of nitrogens with one attached hydrogen (secondary N) is 1. The van der Waals surface area contributed by atoms with Crippen LogP contribution in [-0.2, 0) is 17.8 Å². The van der Waals surface area contributed by atoms with Gasteiger partial charge in [0.05, 0.1) is 5.88 Å². The molecule has 2 aromatic carbocycles. The molecule has 1 saturated heterocycles. The second-order valence-electron chi connectivity index (χ2n) is 7.60. The van der Waals surface area contributed by atoms with Crippen LogP contribution in [-0.4, -0.2) is 58.9 Å². The maximum atomic E-state index is 12.7. The Morgan fingerprint density at radius 1 is 1.03 bits per heavy atom. The van der Waals surface area contributed by atoms with Gasteiger partial charge in [-0.05, 0) is 36.1 Å².